The maximum Gasteiger partial charge on any atom is 0.254 e. The quantitative estimate of drug-likeness (QED) is 0.906. The molecule has 0 bridgehead atoms. The number of carbonyl (C=O) groups excluding carboxylic acids is 1. The van der Waals surface area contributed by atoms with Crippen molar-refractivity contribution >= 4 is 5.91 Å². The molecule has 1 heterocycles. The summed E-state index contributed by atoms with van der Waals surface area (Å²) in [5.74, 6) is -0.414. The van der Waals surface area contributed by atoms with Crippen molar-refractivity contribution in [3.8, 4) is 0 Å². The zero-order valence-electron chi connectivity index (χ0n) is 15.8. The number of nitrogens with zero attached hydrogens (tertiary/aromatic N) is 3. The van der Waals surface area contributed by atoms with E-state index in [1.807, 2.05) is 46.8 Å². The van der Waals surface area contributed by atoms with Crippen LogP contribution in [0.1, 0.15) is 48.4 Å². The van der Waals surface area contributed by atoms with Crippen LogP contribution in [0.25, 0.3) is 0 Å². The summed E-state index contributed by atoms with van der Waals surface area (Å²) in [4.78, 5) is 14.7. The third-order valence-corrected chi connectivity index (χ3v) is 4.12. The minimum atomic E-state index is -0.268. The van der Waals surface area contributed by atoms with Crippen molar-refractivity contribution in [3.63, 3.8) is 0 Å². The van der Waals surface area contributed by atoms with Gasteiger partial charge in [0.25, 0.3) is 5.91 Å². The smallest absolute Gasteiger partial charge is 0.254 e. The number of likely N-dealkylation sites (N-methyl/N-ethyl adjacent to an activating group) is 1. The maximum absolute atomic E-state index is 13.2. The third kappa shape index (κ3) is 4.66. The van der Waals surface area contributed by atoms with E-state index in [0.29, 0.717) is 12.1 Å². The monoisotopic (exact) mass is 346 g/mol. The molecule has 136 valence electrons. The highest BCUT2D eigenvalue weighted by atomic mass is 19.1. The fraction of sp³-hybridized carbons (Fsp3) is 0.474. The molecule has 25 heavy (non-hydrogen) atoms. The molecule has 0 fully saturated rings. The molecule has 2 aromatic rings. The number of benzene rings is 1. The molecule has 6 heteroatoms. The summed E-state index contributed by atoms with van der Waals surface area (Å²) >= 11 is 0. The highest BCUT2D eigenvalue weighted by molar-refractivity contribution is 5.95. The number of hydrogen-bond donors (Lipinski definition) is 1. The number of halogens is 1. The van der Waals surface area contributed by atoms with E-state index in [9.17, 15) is 9.18 Å². The van der Waals surface area contributed by atoms with Gasteiger partial charge in [0.15, 0.2) is 0 Å². The first-order valence-electron chi connectivity index (χ1n) is 8.34. The lowest BCUT2D eigenvalue weighted by Crippen LogP contribution is -2.35. The van der Waals surface area contributed by atoms with Gasteiger partial charge in [0, 0.05) is 25.2 Å². The molecule has 1 N–H and O–H groups in total. The van der Waals surface area contributed by atoms with Gasteiger partial charge in [-0.05, 0) is 31.8 Å². The van der Waals surface area contributed by atoms with E-state index in [1.165, 1.54) is 12.1 Å². The van der Waals surface area contributed by atoms with E-state index in [2.05, 4.69) is 10.4 Å². The van der Waals surface area contributed by atoms with Crippen molar-refractivity contribution in [3.05, 3.63) is 53.1 Å². The van der Waals surface area contributed by atoms with Crippen molar-refractivity contribution in [2.24, 2.45) is 7.05 Å². The van der Waals surface area contributed by atoms with E-state index in [1.54, 1.807) is 23.0 Å². The molecule has 2 rings (SSSR count). The standard InChI is InChI=1S/C19H27FN4O/c1-19(2,3)17-15(12-24(6)22-17)18(25)21-11-16(23(4)5)13-7-9-14(20)10-8-13/h7-10,12,16H,11H2,1-6H3,(H,21,25). The van der Waals surface area contributed by atoms with Crippen LogP contribution in [0.2, 0.25) is 0 Å². The Labute approximate surface area is 148 Å². The molecule has 0 aliphatic rings. The second kappa shape index (κ2) is 7.35. The van der Waals surface area contributed by atoms with Crippen LogP contribution in [-0.4, -0.2) is 41.2 Å². The molecule has 0 saturated heterocycles. The van der Waals surface area contributed by atoms with E-state index in [0.717, 1.165) is 11.3 Å². The van der Waals surface area contributed by atoms with E-state index in [4.69, 9.17) is 0 Å². The number of nitrogens with one attached hydrogen (secondary N) is 1. The number of rotatable bonds is 5. The van der Waals surface area contributed by atoms with Gasteiger partial charge >= 0.3 is 0 Å². The Kier molecular flexibility index (Phi) is 5.62. The Balaban J connectivity index is 2.16. The lowest BCUT2D eigenvalue weighted by molar-refractivity contribution is 0.0939. The average Bonchev–Trinajstić information content (AvgIpc) is 2.91. The van der Waals surface area contributed by atoms with Crippen LogP contribution < -0.4 is 5.32 Å². The van der Waals surface area contributed by atoms with Crippen molar-refractivity contribution < 1.29 is 9.18 Å². The van der Waals surface area contributed by atoms with E-state index in [-0.39, 0.29) is 23.2 Å². The third-order valence-electron chi connectivity index (χ3n) is 4.12. The summed E-state index contributed by atoms with van der Waals surface area (Å²) in [7, 11) is 5.68. The predicted molar refractivity (Wildman–Crippen MR) is 97.1 cm³/mol. The van der Waals surface area contributed by atoms with Gasteiger partial charge < -0.3 is 10.2 Å². The molecule has 1 amide bonds. The summed E-state index contributed by atoms with van der Waals surface area (Å²) in [6, 6.07) is 6.33. The molecule has 0 saturated carbocycles. The highest BCUT2D eigenvalue weighted by Gasteiger charge is 2.26. The van der Waals surface area contributed by atoms with Crippen LogP contribution in [0, 0.1) is 5.82 Å². The van der Waals surface area contributed by atoms with Gasteiger partial charge in [0.05, 0.1) is 17.3 Å². The zero-order chi connectivity index (χ0) is 18.8. The lowest BCUT2D eigenvalue weighted by atomic mass is 9.89. The van der Waals surface area contributed by atoms with E-state index < -0.39 is 0 Å². The number of aryl methyl sites for hydroxylation is 1. The zero-order valence-corrected chi connectivity index (χ0v) is 15.8. The molecule has 0 aliphatic heterocycles. The lowest BCUT2D eigenvalue weighted by Gasteiger charge is -2.25. The van der Waals surface area contributed by atoms with Crippen LogP contribution in [-0.2, 0) is 12.5 Å². The molecule has 0 spiro atoms. The number of aromatic nitrogens is 2. The topological polar surface area (TPSA) is 50.2 Å². The fourth-order valence-electron chi connectivity index (χ4n) is 2.78. The summed E-state index contributed by atoms with van der Waals surface area (Å²) < 4.78 is 14.8. The summed E-state index contributed by atoms with van der Waals surface area (Å²) in [6.07, 6.45) is 1.75. The van der Waals surface area contributed by atoms with Crippen molar-refractivity contribution in [2.45, 2.75) is 32.2 Å². The van der Waals surface area contributed by atoms with Crippen LogP contribution in [0.3, 0.4) is 0 Å². The van der Waals surface area contributed by atoms with Gasteiger partial charge in [0.1, 0.15) is 5.82 Å². The Hall–Kier alpha value is -2.21. The second-order valence-corrected chi connectivity index (χ2v) is 7.56. The molecule has 1 unspecified atom stereocenters. The van der Waals surface area contributed by atoms with Crippen LogP contribution >= 0.6 is 0 Å². The van der Waals surface area contributed by atoms with Gasteiger partial charge in [-0.15, -0.1) is 0 Å². The van der Waals surface area contributed by atoms with Gasteiger partial charge in [-0.25, -0.2) is 4.39 Å². The second-order valence-electron chi connectivity index (χ2n) is 7.56. The van der Waals surface area contributed by atoms with Crippen LogP contribution in [0.4, 0.5) is 4.39 Å². The summed E-state index contributed by atoms with van der Waals surface area (Å²) in [6.45, 7) is 6.53. The minimum absolute atomic E-state index is 0.0423. The van der Waals surface area contributed by atoms with Crippen LogP contribution in [0.15, 0.2) is 30.5 Å². The predicted octanol–water partition coefficient (Wildman–Crippen LogP) is 2.89. The number of hydrogen-bond acceptors (Lipinski definition) is 3. The maximum atomic E-state index is 13.2. The molecule has 0 radical (unpaired) electrons. The number of amides is 1. The molecule has 1 aromatic carbocycles. The largest absolute Gasteiger partial charge is 0.350 e. The molecule has 0 aliphatic carbocycles. The first-order valence-corrected chi connectivity index (χ1v) is 8.34. The van der Waals surface area contributed by atoms with Crippen LogP contribution in [0.5, 0.6) is 0 Å². The molecule has 1 aromatic heterocycles. The van der Waals surface area contributed by atoms with Crippen molar-refractivity contribution in [1.82, 2.24) is 20.0 Å². The SMILES string of the molecule is CN(C)C(CNC(=O)c1cn(C)nc1C(C)(C)C)c1ccc(F)cc1. The molecule has 1 atom stereocenters. The minimum Gasteiger partial charge on any atom is -0.350 e. The van der Waals surface area contributed by atoms with Gasteiger partial charge in [-0.2, -0.15) is 5.10 Å². The normalized spacial score (nSPS) is 13.1. The average molecular weight is 346 g/mol. The Morgan fingerprint density at radius 2 is 1.88 bits per heavy atom. The Morgan fingerprint density at radius 3 is 2.40 bits per heavy atom. The molecular formula is C19H27FN4O. The Bertz CT molecular complexity index is 729. The highest BCUT2D eigenvalue weighted by Crippen LogP contribution is 2.24. The first-order chi connectivity index (χ1) is 11.6. The molecular weight excluding hydrogens is 319 g/mol. The van der Waals surface area contributed by atoms with Crippen molar-refractivity contribution in [1.29, 1.82) is 0 Å². The fourth-order valence-corrected chi connectivity index (χ4v) is 2.78. The first kappa shape index (κ1) is 19.1. The summed E-state index contributed by atoms with van der Waals surface area (Å²) in [5.41, 5.74) is 2.10. The van der Waals surface area contributed by atoms with E-state index >= 15 is 0 Å². The van der Waals surface area contributed by atoms with Gasteiger partial charge in [0.2, 0.25) is 0 Å². The molecule has 5 nitrogen and oxygen atoms in total. The van der Waals surface area contributed by atoms with Gasteiger partial charge in [-0.1, -0.05) is 32.9 Å². The summed E-state index contributed by atoms with van der Waals surface area (Å²) in [5, 5.41) is 7.43. The Morgan fingerprint density at radius 1 is 1.28 bits per heavy atom. The van der Waals surface area contributed by atoms with Gasteiger partial charge in [-0.3, -0.25) is 9.48 Å². The van der Waals surface area contributed by atoms with Crippen molar-refractivity contribution in [2.75, 3.05) is 20.6 Å². The number of carbonyl (C=O) groups is 1.